The summed E-state index contributed by atoms with van der Waals surface area (Å²) in [6.07, 6.45) is 4.28. The lowest BCUT2D eigenvalue weighted by Gasteiger charge is -2.12. The van der Waals surface area contributed by atoms with Gasteiger partial charge in [0.15, 0.2) is 23.0 Å². The number of rotatable bonds is 10. The van der Waals surface area contributed by atoms with Gasteiger partial charge in [-0.15, -0.1) is 10.2 Å². The van der Waals surface area contributed by atoms with Gasteiger partial charge in [-0.1, -0.05) is 0 Å². The third-order valence-electron chi connectivity index (χ3n) is 4.22. The normalized spacial score (nSPS) is 11.9. The average molecular weight is 457 g/mol. The number of hydrogen-bond donors (Lipinski definition) is 1. The van der Waals surface area contributed by atoms with Gasteiger partial charge in [-0.3, -0.25) is 0 Å². The molecule has 0 fully saturated rings. The van der Waals surface area contributed by atoms with E-state index in [-0.39, 0.29) is 5.96 Å². The molecule has 2 N–H and O–H groups in total. The second-order valence-electron chi connectivity index (χ2n) is 6.14. The lowest BCUT2D eigenvalue weighted by molar-refractivity contribution is 0.324. The summed E-state index contributed by atoms with van der Waals surface area (Å²) in [6.45, 7) is 0. The summed E-state index contributed by atoms with van der Waals surface area (Å²) in [5.74, 6) is 2.92. The van der Waals surface area contributed by atoms with Crippen molar-refractivity contribution < 1.29 is 28.4 Å². The van der Waals surface area contributed by atoms with Crippen LogP contribution >= 0.6 is 0 Å². The van der Waals surface area contributed by atoms with Crippen LogP contribution in [-0.2, 0) is 0 Å². The van der Waals surface area contributed by atoms with Crippen LogP contribution in [0.5, 0.6) is 34.5 Å². The monoisotopic (exact) mass is 457 g/mol. The summed E-state index contributed by atoms with van der Waals surface area (Å²) in [5, 5.41) is 7.56. The fraction of sp³-hybridized carbons (Fsp3) is 0.273. The number of ether oxygens (including phenoxy) is 6. The van der Waals surface area contributed by atoms with Crippen molar-refractivity contribution in [2.45, 2.75) is 0 Å². The van der Waals surface area contributed by atoms with E-state index >= 15 is 0 Å². The van der Waals surface area contributed by atoms with Crippen LogP contribution in [0.25, 0.3) is 0 Å². The van der Waals surface area contributed by atoms with Crippen LogP contribution in [0.4, 0.5) is 0 Å². The fourth-order valence-electron chi connectivity index (χ4n) is 2.75. The van der Waals surface area contributed by atoms with Crippen LogP contribution in [0.2, 0.25) is 0 Å². The van der Waals surface area contributed by atoms with Gasteiger partial charge in [0.05, 0.1) is 42.7 Å². The number of hydrogen-bond acceptors (Lipinski definition) is 8. The third kappa shape index (κ3) is 6.60. The first-order valence-corrected chi connectivity index (χ1v) is 9.53. The fourth-order valence-corrected chi connectivity index (χ4v) is 2.75. The molecule has 0 bridgehead atoms. The van der Waals surface area contributed by atoms with E-state index in [1.807, 2.05) is 0 Å². The quantitative estimate of drug-likeness (QED) is 0.329. The van der Waals surface area contributed by atoms with Crippen molar-refractivity contribution in [2.24, 2.45) is 25.9 Å². The van der Waals surface area contributed by atoms with E-state index in [0.29, 0.717) is 45.6 Å². The van der Waals surface area contributed by atoms with Gasteiger partial charge in [0.25, 0.3) is 0 Å². The highest BCUT2D eigenvalue weighted by atomic mass is 16.5. The van der Waals surface area contributed by atoms with Gasteiger partial charge in [-0.05, 0) is 24.3 Å². The highest BCUT2D eigenvalue weighted by molar-refractivity contribution is 5.94. The van der Waals surface area contributed by atoms with Gasteiger partial charge in [0.2, 0.25) is 17.5 Å². The Morgan fingerprint density at radius 1 is 0.667 bits per heavy atom. The molecule has 0 saturated carbocycles. The molecule has 0 spiro atoms. The molecule has 0 aliphatic carbocycles. The molecule has 0 aliphatic rings. The highest BCUT2D eigenvalue weighted by Gasteiger charge is 2.13. The Hall–Kier alpha value is -4.28. The van der Waals surface area contributed by atoms with E-state index in [4.69, 9.17) is 34.2 Å². The molecule has 0 atom stereocenters. The molecule has 2 aromatic rings. The minimum atomic E-state index is -0.0667. The number of methoxy groups -OCH3 is 6. The van der Waals surface area contributed by atoms with E-state index in [9.17, 15) is 0 Å². The molecule has 33 heavy (non-hydrogen) atoms. The molecule has 176 valence electrons. The maximum atomic E-state index is 5.77. The summed E-state index contributed by atoms with van der Waals surface area (Å²) in [5.41, 5.74) is 7.16. The van der Waals surface area contributed by atoms with E-state index in [1.165, 1.54) is 55.2 Å². The van der Waals surface area contributed by atoms with Crippen LogP contribution in [-0.4, -0.2) is 67.4 Å². The molecule has 2 rings (SSSR count). The van der Waals surface area contributed by atoms with E-state index in [0.717, 1.165) is 0 Å². The van der Waals surface area contributed by atoms with Crippen LogP contribution in [0.3, 0.4) is 0 Å². The second-order valence-corrected chi connectivity index (χ2v) is 6.14. The number of guanidine groups is 1. The van der Waals surface area contributed by atoms with Gasteiger partial charge < -0.3 is 34.2 Å². The molecular formula is C22H27N5O6. The van der Waals surface area contributed by atoms with Crippen molar-refractivity contribution in [1.82, 2.24) is 0 Å². The number of nitrogens with zero attached hydrogens (tertiary/aromatic N) is 4. The predicted octanol–water partition coefficient (Wildman–Crippen LogP) is 2.53. The van der Waals surface area contributed by atoms with Crippen LogP contribution in [0, 0.1) is 0 Å². The minimum Gasteiger partial charge on any atom is -0.493 e. The molecule has 0 heterocycles. The zero-order valence-electron chi connectivity index (χ0n) is 19.4. The Morgan fingerprint density at radius 3 is 1.48 bits per heavy atom. The maximum absolute atomic E-state index is 5.77. The Kier molecular flexibility index (Phi) is 9.50. The summed E-state index contributed by atoms with van der Waals surface area (Å²) < 4.78 is 31.8. The van der Waals surface area contributed by atoms with Crippen molar-refractivity contribution >= 4 is 24.7 Å². The standard InChI is InChI=1S/C22H27N5O6/c1-28-16-7-14(8-17(29-2)20(16)32-5)11-24-13-26-27-22(23)25-12-15-9-18(30-3)21(33-6)19(10-15)31-4/h7-13H,1-6H3,(H2,23,27)/b24-11?,25-12?,26-13+. The van der Waals surface area contributed by atoms with Crippen LogP contribution in [0.15, 0.2) is 44.5 Å². The average Bonchev–Trinajstić information content (AvgIpc) is 2.85. The Morgan fingerprint density at radius 2 is 1.09 bits per heavy atom. The first kappa shape index (κ1) is 25.0. The van der Waals surface area contributed by atoms with Crippen LogP contribution in [0.1, 0.15) is 11.1 Å². The summed E-state index contributed by atoms with van der Waals surface area (Å²) >= 11 is 0. The predicted molar refractivity (Wildman–Crippen MR) is 127 cm³/mol. The molecule has 0 aromatic heterocycles. The van der Waals surface area contributed by atoms with Crippen molar-refractivity contribution in [3.05, 3.63) is 35.4 Å². The van der Waals surface area contributed by atoms with Gasteiger partial charge in [0.1, 0.15) is 6.34 Å². The van der Waals surface area contributed by atoms with Gasteiger partial charge in [-0.25, -0.2) is 9.98 Å². The van der Waals surface area contributed by atoms with Crippen molar-refractivity contribution in [2.75, 3.05) is 42.7 Å². The molecule has 11 nitrogen and oxygen atoms in total. The molecule has 0 unspecified atom stereocenters. The van der Waals surface area contributed by atoms with Crippen LogP contribution < -0.4 is 34.2 Å². The molecule has 2 aromatic carbocycles. The Bertz CT molecular complexity index is 1020. The minimum absolute atomic E-state index is 0.0667. The number of aliphatic imine (C=N–C) groups is 2. The Labute approximate surface area is 192 Å². The zero-order valence-corrected chi connectivity index (χ0v) is 19.4. The lowest BCUT2D eigenvalue weighted by Crippen LogP contribution is -2.07. The maximum Gasteiger partial charge on any atom is 0.240 e. The number of benzene rings is 2. The van der Waals surface area contributed by atoms with Crippen molar-refractivity contribution in [3.63, 3.8) is 0 Å². The highest BCUT2D eigenvalue weighted by Crippen LogP contribution is 2.38. The summed E-state index contributed by atoms with van der Waals surface area (Å²) in [6, 6.07) is 6.95. The van der Waals surface area contributed by atoms with Gasteiger partial charge in [0, 0.05) is 23.6 Å². The van der Waals surface area contributed by atoms with E-state index in [2.05, 4.69) is 20.2 Å². The van der Waals surface area contributed by atoms with Crippen molar-refractivity contribution in [1.29, 1.82) is 0 Å². The Balaban J connectivity index is 2.11. The lowest BCUT2D eigenvalue weighted by atomic mass is 10.2. The van der Waals surface area contributed by atoms with Gasteiger partial charge >= 0.3 is 0 Å². The molecular weight excluding hydrogens is 430 g/mol. The first-order chi connectivity index (χ1) is 16.0. The molecule has 0 aliphatic heterocycles. The molecule has 0 amide bonds. The molecule has 11 heteroatoms. The molecule has 0 radical (unpaired) electrons. The largest absolute Gasteiger partial charge is 0.493 e. The zero-order chi connectivity index (χ0) is 24.2. The smallest absolute Gasteiger partial charge is 0.240 e. The summed E-state index contributed by atoms with van der Waals surface area (Å²) in [7, 11) is 9.20. The molecule has 0 saturated heterocycles. The SMILES string of the molecule is COc1cc(C=N/C=N/N=C(N)N=Cc2cc(OC)c(OC)c(OC)c2)cc(OC)c1OC. The topological polar surface area (TPSA) is 131 Å². The van der Waals surface area contributed by atoms with E-state index in [1.54, 1.807) is 30.5 Å². The first-order valence-electron chi connectivity index (χ1n) is 9.53. The van der Waals surface area contributed by atoms with Crippen molar-refractivity contribution in [3.8, 4) is 34.5 Å². The van der Waals surface area contributed by atoms with Gasteiger partial charge in [-0.2, -0.15) is 0 Å². The number of nitrogens with two attached hydrogens (primary N) is 1. The summed E-state index contributed by atoms with van der Waals surface area (Å²) in [4.78, 5) is 8.13. The van der Waals surface area contributed by atoms with E-state index < -0.39 is 0 Å². The third-order valence-corrected chi connectivity index (χ3v) is 4.22. The second kappa shape index (κ2) is 12.5.